The van der Waals surface area contributed by atoms with E-state index in [0.717, 1.165) is 5.01 Å². The predicted octanol–water partition coefficient (Wildman–Crippen LogP) is 2.14. The third-order valence-corrected chi connectivity index (χ3v) is 4.66. The minimum Gasteiger partial charge on any atom is -0.465 e. The second-order valence-electron chi connectivity index (χ2n) is 5.46. The number of aromatic nitrogens is 3. The maximum Gasteiger partial charge on any atom is 0.350 e. The number of nitrogens with zero attached hydrogens (tertiary/aromatic N) is 2. The van der Waals surface area contributed by atoms with Gasteiger partial charge in [0.1, 0.15) is 17.3 Å². The van der Waals surface area contributed by atoms with E-state index in [1.165, 1.54) is 36.6 Å². The highest BCUT2D eigenvalue weighted by Gasteiger charge is 2.16. The van der Waals surface area contributed by atoms with Crippen LogP contribution in [0.1, 0.15) is 36.6 Å². The molecule has 0 unspecified atom stereocenters. The topological polar surface area (TPSA) is 111 Å². The van der Waals surface area contributed by atoms with Crippen LogP contribution in [0.5, 0.6) is 0 Å². The molecule has 1 aromatic carbocycles. The highest BCUT2D eigenvalue weighted by Crippen LogP contribution is 2.18. The van der Waals surface area contributed by atoms with Crippen LogP contribution < -0.4 is 5.56 Å². The molecule has 0 aliphatic heterocycles. The summed E-state index contributed by atoms with van der Waals surface area (Å²) >= 11 is 1.24. The Hall–Kier alpha value is -3.07. The van der Waals surface area contributed by atoms with Gasteiger partial charge in [-0.05, 0) is 32.0 Å². The van der Waals surface area contributed by atoms with E-state index < -0.39 is 11.9 Å². The van der Waals surface area contributed by atoms with Crippen molar-refractivity contribution in [1.29, 1.82) is 0 Å². The van der Waals surface area contributed by atoms with Crippen molar-refractivity contribution in [2.75, 3.05) is 7.11 Å². The number of aryl methyl sites for hydroxylation is 2. The Kier molecular flexibility index (Phi) is 4.81. The van der Waals surface area contributed by atoms with Crippen molar-refractivity contribution in [2.45, 2.75) is 20.5 Å². The Balaban J connectivity index is 1.86. The second-order valence-corrected chi connectivity index (χ2v) is 6.66. The third-order valence-electron chi connectivity index (χ3n) is 3.61. The van der Waals surface area contributed by atoms with Gasteiger partial charge in [0.25, 0.3) is 5.56 Å². The summed E-state index contributed by atoms with van der Waals surface area (Å²) in [6.07, 6.45) is 0. The van der Waals surface area contributed by atoms with Crippen LogP contribution in [-0.2, 0) is 16.1 Å². The van der Waals surface area contributed by atoms with Gasteiger partial charge < -0.3 is 14.5 Å². The SMILES string of the molecule is COC(=O)c1ccc2c(=O)[nH]c(COC(=O)c3sc(C)nc3C)nc2c1. The van der Waals surface area contributed by atoms with Gasteiger partial charge in [-0.2, -0.15) is 0 Å². The van der Waals surface area contributed by atoms with Crippen molar-refractivity contribution in [1.82, 2.24) is 15.0 Å². The zero-order valence-electron chi connectivity index (χ0n) is 14.3. The summed E-state index contributed by atoms with van der Waals surface area (Å²) in [6, 6.07) is 4.44. The first kappa shape index (κ1) is 17.7. The Morgan fingerprint density at radius 3 is 2.62 bits per heavy atom. The van der Waals surface area contributed by atoms with Gasteiger partial charge in [0, 0.05) is 0 Å². The zero-order valence-corrected chi connectivity index (χ0v) is 15.1. The Morgan fingerprint density at radius 2 is 1.96 bits per heavy atom. The van der Waals surface area contributed by atoms with Crippen molar-refractivity contribution in [3.05, 3.63) is 55.5 Å². The first-order chi connectivity index (χ1) is 12.4. The number of carbonyl (C=O) groups is 2. The summed E-state index contributed by atoms with van der Waals surface area (Å²) in [7, 11) is 1.27. The number of aromatic amines is 1. The fourth-order valence-electron chi connectivity index (χ4n) is 2.42. The summed E-state index contributed by atoms with van der Waals surface area (Å²) < 4.78 is 9.88. The number of thiazole rings is 1. The third kappa shape index (κ3) is 3.47. The van der Waals surface area contributed by atoms with E-state index >= 15 is 0 Å². The summed E-state index contributed by atoms with van der Waals surface area (Å²) in [5, 5.41) is 1.09. The number of benzene rings is 1. The highest BCUT2D eigenvalue weighted by atomic mass is 32.1. The Bertz CT molecular complexity index is 1070. The van der Waals surface area contributed by atoms with Crippen molar-refractivity contribution < 1.29 is 19.1 Å². The summed E-state index contributed by atoms with van der Waals surface area (Å²) in [5.41, 5.74) is 0.798. The normalized spacial score (nSPS) is 10.7. The van der Waals surface area contributed by atoms with Crippen molar-refractivity contribution >= 4 is 34.2 Å². The van der Waals surface area contributed by atoms with Crippen molar-refractivity contribution in [3.8, 4) is 0 Å². The molecule has 0 bridgehead atoms. The highest BCUT2D eigenvalue weighted by molar-refractivity contribution is 7.13. The molecule has 1 N–H and O–H groups in total. The number of rotatable bonds is 4. The number of ether oxygens (including phenoxy) is 2. The molecule has 0 aliphatic rings. The number of nitrogens with one attached hydrogen (secondary N) is 1. The number of esters is 2. The molecule has 0 saturated heterocycles. The van der Waals surface area contributed by atoms with E-state index in [2.05, 4.69) is 19.7 Å². The van der Waals surface area contributed by atoms with Crippen LogP contribution in [0.3, 0.4) is 0 Å². The lowest BCUT2D eigenvalue weighted by Crippen LogP contribution is -2.15. The van der Waals surface area contributed by atoms with E-state index in [0.29, 0.717) is 21.5 Å². The quantitative estimate of drug-likeness (QED) is 0.697. The summed E-state index contributed by atoms with van der Waals surface area (Å²) in [4.78, 5) is 47.3. The monoisotopic (exact) mass is 373 g/mol. The number of fused-ring (bicyclic) bond motifs is 1. The lowest BCUT2D eigenvalue weighted by Gasteiger charge is -2.06. The number of H-pyrrole nitrogens is 1. The van der Waals surface area contributed by atoms with Gasteiger partial charge >= 0.3 is 11.9 Å². The van der Waals surface area contributed by atoms with Gasteiger partial charge in [0.2, 0.25) is 0 Å². The molecule has 2 heterocycles. The van der Waals surface area contributed by atoms with Gasteiger partial charge in [-0.25, -0.2) is 19.6 Å². The molecule has 134 valence electrons. The second kappa shape index (κ2) is 7.04. The fraction of sp³-hybridized carbons (Fsp3) is 0.235. The molecule has 0 amide bonds. The molecule has 9 heteroatoms. The average molecular weight is 373 g/mol. The average Bonchev–Trinajstić information content (AvgIpc) is 2.96. The van der Waals surface area contributed by atoms with Crippen LogP contribution in [0.15, 0.2) is 23.0 Å². The fourth-order valence-corrected chi connectivity index (χ4v) is 3.23. The summed E-state index contributed by atoms with van der Waals surface area (Å²) in [6.45, 7) is 3.32. The van der Waals surface area contributed by atoms with E-state index in [-0.39, 0.29) is 23.6 Å². The molecular formula is C17H15N3O5S. The molecule has 8 nitrogen and oxygen atoms in total. The van der Waals surface area contributed by atoms with Gasteiger partial charge in [-0.3, -0.25) is 4.79 Å². The lowest BCUT2D eigenvalue weighted by molar-refractivity contribution is 0.0466. The van der Waals surface area contributed by atoms with Crippen LogP contribution in [0.4, 0.5) is 0 Å². The van der Waals surface area contributed by atoms with Crippen molar-refractivity contribution in [2.24, 2.45) is 0 Å². The van der Waals surface area contributed by atoms with Crippen LogP contribution in [0, 0.1) is 13.8 Å². The number of carbonyl (C=O) groups excluding carboxylic acids is 2. The molecule has 3 aromatic rings. The first-order valence-corrected chi connectivity index (χ1v) is 8.43. The standard InChI is InChI=1S/C17H15N3O5S/c1-8-14(26-9(2)18-8)17(23)25-7-13-19-12-6-10(16(22)24-3)4-5-11(12)15(21)20-13/h4-6H,7H2,1-3H3,(H,19,20,21). The summed E-state index contributed by atoms with van der Waals surface area (Å²) in [5.74, 6) is -0.881. The zero-order chi connectivity index (χ0) is 18.8. The van der Waals surface area contributed by atoms with E-state index in [4.69, 9.17) is 4.74 Å². The minimum absolute atomic E-state index is 0.178. The largest absolute Gasteiger partial charge is 0.465 e. The predicted molar refractivity (Wildman–Crippen MR) is 94.4 cm³/mol. The molecule has 0 spiro atoms. The molecule has 2 aromatic heterocycles. The lowest BCUT2D eigenvalue weighted by atomic mass is 10.1. The van der Waals surface area contributed by atoms with Gasteiger partial charge in [-0.15, -0.1) is 11.3 Å². The van der Waals surface area contributed by atoms with E-state index in [1.54, 1.807) is 13.8 Å². The van der Waals surface area contributed by atoms with Crippen LogP contribution in [0.25, 0.3) is 10.9 Å². The maximum absolute atomic E-state index is 12.2. The van der Waals surface area contributed by atoms with E-state index in [9.17, 15) is 14.4 Å². The van der Waals surface area contributed by atoms with Crippen molar-refractivity contribution in [3.63, 3.8) is 0 Å². The minimum atomic E-state index is -0.530. The van der Waals surface area contributed by atoms with Gasteiger partial charge in [-0.1, -0.05) is 0 Å². The van der Waals surface area contributed by atoms with Crippen LogP contribution >= 0.6 is 11.3 Å². The number of methoxy groups -OCH3 is 1. The Morgan fingerprint density at radius 1 is 1.19 bits per heavy atom. The molecule has 0 saturated carbocycles. The van der Waals surface area contributed by atoms with E-state index in [1.807, 2.05) is 0 Å². The molecule has 0 atom stereocenters. The van der Waals surface area contributed by atoms with Crippen LogP contribution in [-0.4, -0.2) is 34.0 Å². The molecule has 0 fully saturated rings. The smallest absolute Gasteiger partial charge is 0.350 e. The maximum atomic E-state index is 12.2. The molecule has 3 rings (SSSR count). The Labute approximate surface area is 151 Å². The van der Waals surface area contributed by atoms with Gasteiger partial charge in [0.05, 0.1) is 34.3 Å². The molecule has 26 heavy (non-hydrogen) atoms. The van der Waals surface area contributed by atoms with Gasteiger partial charge in [0.15, 0.2) is 0 Å². The molecule has 0 radical (unpaired) electrons. The first-order valence-electron chi connectivity index (χ1n) is 7.61. The molecule has 0 aliphatic carbocycles. The molecular weight excluding hydrogens is 358 g/mol. The number of hydrogen-bond donors (Lipinski definition) is 1. The number of hydrogen-bond acceptors (Lipinski definition) is 8. The van der Waals surface area contributed by atoms with Crippen LogP contribution in [0.2, 0.25) is 0 Å².